The minimum Gasteiger partial charge on any atom is -0.347 e. The zero-order chi connectivity index (χ0) is 14.8. The van der Waals surface area contributed by atoms with Crippen LogP contribution in [0.5, 0.6) is 0 Å². The maximum absolute atomic E-state index is 5.89. The minimum atomic E-state index is -0.378. The van der Waals surface area contributed by atoms with E-state index in [1.54, 1.807) is 0 Å². The Labute approximate surface area is 122 Å². The standard InChI is InChI=1S/C18H26O2/c1-6-7-14(2)8-9-16-15(3)12-18(13-17(16,4)5)19-10-11-20-18/h6-9H,1,10-13H2,2-5H3. The molecule has 0 N–H and O–H groups in total. The fourth-order valence-electron chi connectivity index (χ4n) is 3.43. The molecule has 1 heterocycles. The maximum Gasteiger partial charge on any atom is 0.173 e. The van der Waals surface area contributed by atoms with Crippen molar-refractivity contribution >= 4 is 0 Å². The van der Waals surface area contributed by atoms with Crippen molar-refractivity contribution < 1.29 is 9.47 Å². The van der Waals surface area contributed by atoms with Gasteiger partial charge in [-0.1, -0.05) is 55.9 Å². The molecule has 0 bridgehead atoms. The molecule has 1 aliphatic carbocycles. The Morgan fingerprint density at radius 3 is 2.45 bits per heavy atom. The van der Waals surface area contributed by atoms with Crippen LogP contribution in [0.4, 0.5) is 0 Å². The van der Waals surface area contributed by atoms with Crippen LogP contribution in [-0.2, 0) is 9.47 Å². The Hall–Kier alpha value is -1.12. The minimum absolute atomic E-state index is 0.0671. The SMILES string of the molecule is C=CC=C(C)C=CC1=C(C)CC2(CC1(C)C)OCCO2. The molecule has 1 spiro atoms. The first-order chi connectivity index (χ1) is 9.38. The quantitative estimate of drug-likeness (QED) is 0.703. The van der Waals surface area contributed by atoms with Gasteiger partial charge in [-0.05, 0) is 24.8 Å². The Bertz CT molecular complexity index is 472. The molecule has 0 aromatic rings. The zero-order valence-corrected chi connectivity index (χ0v) is 13.2. The largest absolute Gasteiger partial charge is 0.347 e. The molecular weight excluding hydrogens is 248 g/mol. The van der Waals surface area contributed by atoms with Gasteiger partial charge < -0.3 is 9.47 Å². The normalized spacial score (nSPS) is 25.7. The van der Waals surface area contributed by atoms with Crippen molar-refractivity contribution in [3.8, 4) is 0 Å². The third-order valence-corrected chi connectivity index (χ3v) is 4.14. The molecule has 0 unspecified atom stereocenters. The van der Waals surface area contributed by atoms with Crippen molar-refractivity contribution in [3.05, 3.63) is 47.6 Å². The summed E-state index contributed by atoms with van der Waals surface area (Å²) >= 11 is 0. The van der Waals surface area contributed by atoms with Crippen LogP contribution in [0, 0.1) is 5.41 Å². The first-order valence-corrected chi connectivity index (χ1v) is 7.34. The Morgan fingerprint density at radius 1 is 1.25 bits per heavy atom. The lowest BCUT2D eigenvalue weighted by molar-refractivity contribution is -0.178. The van der Waals surface area contributed by atoms with Gasteiger partial charge in [0.2, 0.25) is 0 Å². The molecule has 0 atom stereocenters. The van der Waals surface area contributed by atoms with E-state index >= 15 is 0 Å². The van der Waals surface area contributed by atoms with Crippen molar-refractivity contribution in [1.29, 1.82) is 0 Å². The van der Waals surface area contributed by atoms with Gasteiger partial charge in [-0.3, -0.25) is 0 Å². The predicted octanol–water partition coefficient (Wildman–Crippen LogP) is 4.55. The second-order valence-corrected chi connectivity index (χ2v) is 6.52. The van der Waals surface area contributed by atoms with E-state index in [0.717, 1.165) is 26.1 Å². The highest BCUT2D eigenvalue weighted by Crippen LogP contribution is 2.48. The fraction of sp³-hybridized carbons (Fsp3) is 0.556. The smallest absolute Gasteiger partial charge is 0.173 e. The van der Waals surface area contributed by atoms with Crippen LogP contribution in [0.2, 0.25) is 0 Å². The molecule has 0 saturated carbocycles. The molecule has 110 valence electrons. The average molecular weight is 274 g/mol. The van der Waals surface area contributed by atoms with E-state index in [9.17, 15) is 0 Å². The van der Waals surface area contributed by atoms with Crippen molar-refractivity contribution in [3.63, 3.8) is 0 Å². The number of rotatable bonds is 3. The summed E-state index contributed by atoms with van der Waals surface area (Å²) in [4.78, 5) is 0. The van der Waals surface area contributed by atoms with Gasteiger partial charge in [-0.25, -0.2) is 0 Å². The molecule has 0 aromatic carbocycles. The molecule has 2 heteroatoms. The molecule has 1 saturated heterocycles. The van der Waals surface area contributed by atoms with E-state index in [1.807, 2.05) is 12.2 Å². The summed E-state index contributed by atoms with van der Waals surface area (Å²) in [6.45, 7) is 14.0. The predicted molar refractivity (Wildman–Crippen MR) is 83.4 cm³/mol. The summed E-state index contributed by atoms with van der Waals surface area (Å²) < 4.78 is 11.8. The van der Waals surface area contributed by atoms with Crippen molar-refractivity contribution in [2.24, 2.45) is 5.41 Å². The van der Waals surface area contributed by atoms with Crippen LogP contribution in [0.3, 0.4) is 0 Å². The lowest BCUT2D eigenvalue weighted by Crippen LogP contribution is -2.40. The first-order valence-electron chi connectivity index (χ1n) is 7.34. The monoisotopic (exact) mass is 274 g/mol. The summed E-state index contributed by atoms with van der Waals surface area (Å²) in [5.41, 5.74) is 4.05. The maximum atomic E-state index is 5.89. The highest BCUT2D eigenvalue weighted by Gasteiger charge is 2.46. The van der Waals surface area contributed by atoms with Gasteiger partial charge in [0.1, 0.15) is 0 Å². The molecule has 0 radical (unpaired) electrons. The Morgan fingerprint density at radius 2 is 1.90 bits per heavy atom. The highest BCUT2D eigenvalue weighted by atomic mass is 16.7. The van der Waals surface area contributed by atoms with Crippen LogP contribution in [0.15, 0.2) is 47.6 Å². The number of ether oxygens (including phenoxy) is 2. The second-order valence-electron chi connectivity index (χ2n) is 6.52. The molecule has 2 nitrogen and oxygen atoms in total. The Balaban J connectivity index is 2.27. The van der Waals surface area contributed by atoms with Crippen LogP contribution < -0.4 is 0 Å². The third-order valence-electron chi connectivity index (χ3n) is 4.14. The van der Waals surface area contributed by atoms with Crippen molar-refractivity contribution in [2.45, 2.75) is 46.3 Å². The van der Waals surface area contributed by atoms with Gasteiger partial charge >= 0.3 is 0 Å². The van der Waals surface area contributed by atoms with E-state index in [0.29, 0.717) is 0 Å². The summed E-state index contributed by atoms with van der Waals surface area (Å²) in [6, 6.07) is 0. The molecule has 0 aromatic heterocycles. The van der Waals surface area contributed by atoms with Gasteiger partial charge in [-0.2, -0.15) is 0 Å². The second kappa shape index (κ2) is 5.71. The van der Waals surface area contributed by atoms with Crippen LogP contribution in [0.1, 0.15) is 40.5 Å². The van der Waals surface area contributed by atoms with E-state index in [1.165, 1.54) is 16.7 Å². The Kier molecular flexibility index (Phi) is 4.36. The lowest BCUT2D eigenvalue weighted by atomic mass is 9.70. The average Bonchev–Trinajstić information content (AvgIpc) is 2.74. The zero-order valence-electron chi connectivity index (χ0n) is 13.2. The van der Waals surface area contributed by atoms with Gasteiger partial charge in [0.25, 0.3) is 0 Å². The molecule has 2 aliphatic rings. The number of hydrogen-bond donors (Lipinski definition) is 0. The van der Waals surface area contributed by atoms with Crippen LogP contribution in [0.25, 0.3) is 0 Å². The topological polar surface area (TPSA) is 18.5 Å². The summed E-state index contributed by atoms with van der Waals surface area (Å²) in [5, 5.41) is 0. The molecule has 20 heavy (non-hydrogen) atoms. The molecule has 1 aliphatic heterocycles. The van der Waals surface area contributed by atoms with E-state index in [2.05, 4.69) is 46.4 Å². The van der Waals surface area contributed by atoms with Crippen LogP contribution >= 0.6 is 0 Å². The van der Waals surface area contributed by atoms with E-state index in [-0.39, 0.29) is 11.2 Å². The molecule has 0 amide bonds. The van der Waals surface area contributed by atoms with Gasteiger partial charge in [0, 0.05) is 12.8 Å². The number of allylic oxidation sites excluding steroid dienone is 6. The van der Waals surface area contributed by atoms with E-state index in [4.69, 9.17) is 9.47 Å². The third kappa shape index (κ3) is 3.13. The molecule has 2 rings (SSSR count). The van der Waals surface area contributed by atoms with Gasteiger partial charge in [0.15, 0.2) is 5.79 Å². The molecular formula is C18H26O2. The summed E-state index contributed by atoms with van der Waals surface area (Å²) in [6.07, 6.45) is 10.0. The highest BCUT2D eigenvalue weighted by molar-refractivity contribution is 5.38. The fourth-order valence-corrected chi connectivity index (χ4v) is 3.43. The first kappa shape index (κ1) is 15.3. The van der Waals surface area contributed by atoms with Gasteiger partial charge in [0.05, 0.1) is 13.2 Å². The van der Waals surface area contributed by atoms with Crippen molar-refractivity contribution in [1.82, 2.24) is 0 Å². The van der Waals surface area contributed by atoms with Crippen LogP contribution in [-0.4, -0.2) is 19.0 Å². The van der Waals surface area contributed by atoms with Gasteiger partial charge in [-0.15, -0.1) is 0 Å². The summed E-state index contributed by atoms with van der Waals surface area (Å²) in [7, 11) is 0. The van der Waals surface area contributed by atoms with E-state index < -0.39 is 0 Å². The summed E-state index contributed by atoms with van der Waals surface area (Å²) in [5.74, 6) is -0.378. The lowest BCUT2D eigenvalue weighted by Gasteiger charge is -2.42. The number of hydrogen-bond acceptors (Lipinski definition) is 2. The molecule has 1 fully saturated rings. The van der Waals surface area contributed by atoms with Crippen molar-refractivity contribution in [2.75, 3.05) is 13.2 Å².